The molecule has 0 bridgehead atoms. The van der Waals surface area contributed by atoms with Crippen LogP contribution in [0, 0.1) is 5.82 Å². The second-order valence-electron chi connectivity index (χ2n) is 4.01. The summed E-state index contributed by atoms with van der Waals surface area (Å²) in [6.07, 6.45) is 0.146. The van der Waals surface area contributed by atoms with Crippen molar-refractivity contribution in [3.8, 4) is 0 Å². The van der Waals surface area contributed by atoms with Gasteiger partial charge in [0.05, 0.1) is 5.02 Å². The first kappa shape index (κ1) is 14.5. The van der Waals surface area contributed by atoms with Crippen LogP contribution in [0.25, 0.3) is 0 Å². The van der Waals surface area contributed by atoms with Crippen molar-refractivity contribution in [1.82, 2.24) is 0 Å². The summed E-state index contributed by atoms with van der Waals surface area (Å²) >= 11 is 14.8. The van der Waals surface area contributed by atoms with E-state index in [4.69, 9.17) is 23.2 Å². The Morgan fingerprint density at radius 1 is 1.16 bits per heavy atom. The highest BCUT2D eigenvalue weighted by Crippen LogP contribution is 2.22. The lowest BCUT2D eigenvalue weighted by atomic mass is 10.0. The van der Waals surface area contributed by atoms with Crippen LogP contribution in [0.5, 0.6) is 0 Å². The molecule has 1 nitrogen and oxygen atoms in total. The monoisotopic (exact) mass is 360 g/mol. The van der Waals surface area contributed by atoms with Crippen molar-refractivity contribution in [2.75, 3.05) is 0 Å². The van der Waals surface area contributed by atoms with Gasteiger partial charge in [0.2, 0.25) is 0 Å². The molecule has 2 aromatic carbocycles. The highest BCUT2D eigenvalue weighted by molar-refractivity contribution is 9.10. The Hall–Kier alpha value is -0.900. The lowest BCUT2D eigenvalue weighted by Gasteiger charge is -2.04. The molecule has 0 heterocycles. The minimum atomic E-state index is -0.497. The van der Waals surface area contributed by atoms with Gasteiger partial charge in [0.25, 0.3) is 0 Å². The number of hydrogen-bond donors (Lipinski definition) is 0. The summed E-state index contributed by atoms with van der Waals surface area (Å²) in [5.74, 6) is -0.603. The molecule has 0 aliphatic carbocycles. The normalized spacial score (nSPS) is 10.5. The zero-order chi connectivity index (χ0) is 14.0. The van der Waals surface area contributed by atoms with E-state index >= 15 is 0 Å². The summed E-state index contributed by atoms with van der Waals surface area (Å²) in [5, 5.41) is 0.493. The quantitative estimate of drug-likeness (QED) is 0.676. The average Bonchev–Trinajstić information content (AvgIpc) is 2.32. The van der Waals surface area contributed by atoms with Gasteiger partial charge in [-0.1, -0.05) is 45.2 Å². The van der Waals surface area contributed by atoms with Gasteiger partial charge in [-0.05, 0) is 35.9 Å². The zero-order valence-electron chi connectivity index (χ0n) is 9.59. The van der Waals surface area contributed by atoms with Crippen LogP contribution in [-0.2, 0) is 6.42 Å². The number of benzene rings is 2. The molecule has 0 spiro atoms. The third-order valence-electron chi connectivity index (χ3n) is 2.53. The van der Waals surface area contributed by atoms with Crippen LogP contribution in [0.2, 0.25) is 10.0 Å². The first-order valence-corrected chi connectivity index (χ1v) is 6.94. The SMILES string of the molecule is O=C(Cc1ccc(F)c(Cl)c1)c1cc(Cl)cc(Br)c1. The Balaban J connectivity index is 2.22. The number of Topliss-reactive ketones (excluding diaryl/α,β-unsaturated/α-hetero) is 1. The van der Waals surface area contributed by atoms with E-state index < -0.39 is 5.82 Å². The fourth-order valence-electron chi connectivity index (χ4n) is 1.65. The highest BCUT2D eigenvalue weighted by Gasteiger charge is 2.10. The summed E-state index contributed by atoms with van der Waals surface area (Å²) in [6.45, 7) is 0. The minimum Gasteiger partial charge on any atom is -0.294 e. The lowest BCUT2D eigenvalue weighted by molar-refractivity contribution is 0.0993. The number of hydrogen-bond acceptors (Lipinski definition) is 1. The maximum Gasteiger partial charge on any atom is 0.167 e. The molecule has 0 N–H and O–H groups in total. The average molecular weight is 362 g/mol. The molecule has 0 unspecified atom stereocenters. The van der Waals surface area contributed by atoms with Crippen molar-refractivity contribution in [2.24, 2.45) is 0 Å². The van der Waals surface area contributed by atoms with Crippen molar-refractivity contribution in [1.29, 1.82) is 0 Å². The van der Waals surface area contributed by atoms with Crippen LogP contribution in [0.3, 0.4) is 0 Å². The molecule has 0 saturated heterocycles. The number of carbonyl (C=O) groups excluding carboxylic acids is 1. The fraction of sp³-hybridized carbons (Fsp3) is 0.0714. The van der Waals surface area contributed by atoms with Gasteiger partial charge in [-0.25, -0.2) is 4.39 Å². The Morgan fingerprint density at radius 2 is 1.89 bits per heavy atom. The molecule has 0 aliphatic heterocycles. The standard InChI is InChI=1S/C14H8BrCl2FO/c15-10-5-9(6-11(16)7-10)14(19)4-8-1-2-13(18)12(17)3-8/h1-3,5-7H,4H2. The first-order valence-electron chi connectivity index (χ1n) is 5.39. The van der Waals surface area contributed by atoms with E-state index in [0.717, 1.165) is 4.47 Å². The van der Waals surface area contributed by atoms with Gasteiger partial charge in [0.1, 0.15) is 5.82 Å². The maximum atomic E-state index is 13.0. The lowest BCUT2D eigenvalue weighted by Crippen LogP contribution is -2.03. The molecule has 0 aliphatic rings. The van der Waals surface area contributed by atoms with Crippen LogP contribution in [0.15, 0.2) is 40.9 Å². The second-order valence-corrected chi connectivity index (χ2v) is 5.77. The van der Waals surface area contributed by atoms with Crippen molar-refractivity contribution in [3.63, 3.8) is 0 Å². The third-order valence-corrected chi connectivity index (χ3v) is 3.50. The number of ketones is 1. The molecule has 0 saturated carbocycles. The largest absolute Gasteiger partial charge is 0.294 e. The molecular weight excluding hydrogens is 354 g/mol. The van der Waals surface area contributed by atoms with Gasteiger partial charge >= 0.3 is 0 Å². The summed E-state index contributed by atoms with van der Waals surface area (Å²) < 4.78 is 13.8. The first-order chi connectivity index (χ1) is 8.95. The fourth-order valence-corrected chi connectivity index (χ4v) is 2.72. The van der Waals surface area contributed by atoms with E-state index in [1.165, 1.54) is 12.1 Å². The number of carbonyl (C=O) groups is 1. The molecule has 0 aromatic heterocycles. The molecule has 2 aromatic rings. The number of halogens is 4. The molecule has 19 heavy (non-hydrogen) atoms. The Labute approximate surface area is 128 Å². The van der Waals surface area contributed by atoms with E-state index in [-0.39, 0.29) is 17.2 Å². The summed E-state index contributed by atoms with van der Waals surface area (Å²) in [7, 11) is 0. The minimum absolute atomic E-state index is 0.0116. The van der Waals surface area contributed by atoms with Crippen LogP contribution >= 0.6 is 39.1 Å². The Kier molecular flexibility index (Phi) is 4.61. The van der Waals surface area contributed by atoms with Gasteiger partial charge in [-0.15, -0.1) is 0 Å². The van der Waals surface area contributed by atoms with E-state index in [1.54, 1.807) is 24.3 Å². The Morgan fingerprint density at radius 3 is 2.53 bits per heavy atom. The molecule has 0 radical (unpaired) electrons. The molecule has 0 fully saturated rings. The topological polar surface area (TPSA) is 17.1 Å². The summed E-state index contributed by atoms with van der Waals surface area (Å²) in [6, 6.07) is 9.23. The van der Waals surface area contributed by atoms with Crippen LogP contribution in [-0.4, -0.2) is 5.78 Å². The van der Waals surface area contributed by atoms with Crippen molar-refractivity contribution in [2.45, 2.75) is 6.42 Å². The van der Waals surface area contributed by atoms with Gasteiger partial charge in [0, 0.05) is 21.5 Å². The van der Waals surface area contributed by atoms with Crippen molar-refractivity contribution in [3.05, 3.63) is 67.9 Å². The van der Waals surface area contributed by atoms with Gasteiger partial charge in [-0.3, -0.25) is 4.79 Å². The second kappa shape index (κ2) is 6.04. The maximum absolute atomic E-state index is 13.0. The molecule has 98 valence electrons. The van der Waals surface area contributed by atoms with Gasteiger partial charge in [-0.2, -0.15) is 0 Å². The summed E-state index contributed by atoms with van der Waals surface area (Å²) in [5.41, 5.74) is 1.16. The van der Waals surface area contributed by atoms with E-state index in [9.17, 15) is 9.18 Å². The molecular formula is C14H8BrCl2FO. The zero-order valence-corrected chi connectivity index (χ0v) is 12.7. The van der Waals surface area contributed by atoms with E-state index in [1.807, 2.05) is 0 Å². The van der Waals surface area contributed by atoms with E-state index in [0.29, 0.717) is 16.1 Å². The van der Waals surface area contributed by atoms with E-state index in [2.05, 4.69) is 15.9 Å². The Bertz CT molecular complexity index is 623. The van der Waals surface area contributed by atoms with Crippen molar-refractivity contribution < 1.29 is 9.18 Å². The molecule has 5 heteroatoms. The smallest absolute Gasteiger partial charge is 0.167 e. The van der Waals surface area contributed by atoms with Crippen LogP contribution in [0.4, 0.5) is 4.39 Å². The predicted octanol–water partition coefficient (Wildman–Crippen LogP) is 5.32. The van der Waals surface area contributed by atoms with Gasteiger partial charge in [0.15, 0.2) is 5.78 Å². The predicted molar refractivity (Wildman–Crippen MR) is 78.6 cm³/mol. The van der Waals surface area contributed by atoms with Crippen LogP contribution < -0.4 is 0 Å². The highest BCUT2D eigenvalue weighted by atomic mass is 79.9. The third kappa shape index (κ3) is 3.78. The molecule has 0 amide bonds. The molecule has 0 atom stereocenters. The van der Waals surface area contributed by atoms with Crippen LogP contribution in [0.1, 0.15) is 15.9 Å². The van der Waals surface area contributed by atoms with Gasteiger partial charge < -0.3 is 0 Å². The summed E-state index contributed by atoms with van der Waals surface area (Å²) in [4.78, 5) is 12.1. The molecule has 2 rings (SSSR count). The van der Waals surface area contributed by atoms with Crippen molar-refractivity contribution >= 4 is 44.9 Å². The number of rotatable bonds is 3.